The Hall–Kier alpha value is -4.68. The smallest absolute Gasteiger partial charge is 0.410 e. The Labute approximate surface area is 253 Å². The predicted molar refractivity (Wildman–Crippen MR) is 167 cm³/mol. The van der Waals surface area contributed by atoms with E-state index in [1.807, 2.05) is 68.0 Å². The Morgan fingerprint density at radius 1 is 0.791 bits per heavy atom. The summed E-state index contributed by atoms with van der Waals surface area (Å²) < 4.78 is 7.68. The van der Waals surface area contributed by atoms with Gasteiger partial charge in [-0.25, -0.2) is 9.78 Å². The quantitative estimate of drug-likeness (QED) is 0.204. The van der Waals surface area contributed by atoms with Crippen molar-refractivity contribution in [3.05, 3.63) is 162 Å². The number of rotatable bonds is 8. The lowest BCUT2D eigenvalue weighted by molar-refractivity contribution is -0.0359. The number of hydrogen-bond acceptors (Lipinski definition) is 4. The van der Waals surface area contributed by atoms with Crippen LogP contribution in [0.1, 0.15) is 47.7 Å². The van der Waals surface area contributed by atoms with Crippen LogP contribution in [0.2, 0.25) is 0 Å². The maximum Gasteiger partial charge on any atom is 0.410 e. The van der Waals surface area contributed by atoms with E-state index in [4.69, 9.17) is 9.72 Å². The van der Waals surface area contributed by atoms with E-state index in [-0.39, 0.29) is 18.6 Å². The molecule has 0 saturated carbocycles. The summed E-state index contributed by atoms with van der Waals surface area (Å²) in [6.45, 7) is 3.15. The Kier molecular flexibility index (Phi) is 8.12. The van der Waals surface area contributed by atoms with Gasteiger partial charge in [0.15, 0.2) is 0 Å². The maximum atomic E-state index is 12.7. The molecule has 218 valence electrons. The fourth-order valence-corrected chi connectivity index (χ4v) is 6.40. The molecule has 1 atom stereocenters. The second-order valence-electron chi connectivity index (χ2n) is 11.4. The van der Waals surface area contributed by atoms with Crippen LogP contribution in [0.25, 0.3) is 0 Å². The number of imidazole rings is 1. The molecule has 1 amide bonds. The van der Waals surface area contributed by atoms with Gasteiger partial charge in [-0.05, 0) is 47.9 Å². The van der Waals surface area contributed by atoms with E-state index in [2.05, 4.69) is 77.4 Å². The molecular formula is C37H37N3O3. The van der Waals surface area contributed by atoms with Gasteiger partial charge in [0, 0.05) is 19.3 Å². The summed E-state index contributed by atoms with van der Waals surface area (Å²) in [5, 5.41) is 12.0. The monoisotopic (exact) mass is 571 g/mol. The molecule has 6 heteroatoms. The first-order valence-electron chi connectivity index (χ1n) is 14.9. The van der Waals surface area contributed by atoms with Gasteiger partial charge in [0.25, 0.3) is 0 Å². The van der Waals surface area contributed by atoms with Crippen LogP contribution in [-0.4, -0.2) is 38.7 Å². The summed E-state index contributed by atoms with van der Waals surface area (Å²) >= 11 is 0. The Morgan fingerprint density at radius 3 is 1.74 bits per heavy atom. The van der Waals surface area contributed by atoms with Crippen LogP contribution in [0.4, 0.5) is 4.79 Å². The minimum Gasteiger partial charge on any atom is -0.445 e. The molecule has 4 aromatic carbocycles. The van der Waals surface area contributed by atoms with Crippen molar-refractivity contribution < 1.29 is 14.6 Å². The first kappa shape index (κ1) is 28.4. The van der Waals surface area contributed by atoms with Crippen molar-refractivity contribution in [2.24, 2.45) is 5.92 Å². The fraction of sp³-hybridized carbons (Fsp3) is 0.243. The van der Waals surface area contributed by atoms with E-state index < -0.39 is 11.1 Å². The van der Waals surface area contributed by atoms with Crippen LogP contribution in [-0.2, 0) is 22.5 Å². The highest BCUT2D eigenvalue weighted by Crippen LogP contribution is 2.42. The van der Waals surface area contributed by atoms with Crippen LogP contribution in [0.5, 0.6) is 0 Å². The van der Waals surface area contributed by atoms with Gasteiger partial charge in [-0.15, -0.1) is 0 Å². The van der Waals surface area contributed by atoms with Crippen molar-refractivity contribution >= 4 is 6.09 Å². The maximum absolute atomic E-state index is 12.7. The molecule has 6 nitrogen and oxygen atoms in total. The average molecular weight is 572 g/mol. The number of ether oxygens (including phenoxy) is 1. The molecule has 1 unspecified atom stereocenters. The largest absolute Gasteiger partial charge is 0.445 e. The number of amides is 1. The van der Waals surface area contributed by atoms with Gasteiger partial charge < -0.3 is 19.3 Å². The minimum absolute atomic E-state index is 0.0615. The highest BCUT2D eigenvalue weighted by atomic mass is 16.6. The van der Waals surface area contributed by atoms with Gasteiger partial charge in [-0.3, -0.25) is 0 Å². The van der Waals surface area contributed by atoms with Gasteiger partial charge in [0.2, 0.25) is 0 Å². The van der Waals surface area contributed by atoms with Crippen molar-refractivity contribution in [2.45, 2.75) is 37.5 Å². The van der Waals surface area contributed by atoms with Crippen LogP contribution < -0.4 is 0 Å². The van der Waals surface area contributed by atoms with E-state index in [9.17, 15) is 9.90 Å². The van der Waals surface area contributed by atoms with Crippen molar-refractivity contribution in [3.8, 4) is 0 Å². The standard InChI is InChI=1S/C37H37N3O3/c1-36(42,30-22-24-39(25-23-30)35(41)43-27-29-14-6-2-7-15-29)34-26-40(28-38-34)37(31-16-8-3-9-17-31,32-18-10-4-11-19-32)33-20-12-5-13-21-33/h2-21,26,28,30,42H,22-25,27H2,1H3. The zero-order valence-electron chi connectivity index (χ0n) is 24.4. The fourth-order valence-electron chi connectivity index (χ4n) is 6.40. The normalized spacial score (nSPS) is 15.5. The number of benzene rings is 4. The van der Waals surface area contributed by atoms with Crippen molar-refractivity contribution in [3.63, 3.8) is 0 Å². The molecule has 0 spiro atoms. The molecule has 6 rings (SSSR count). The summed E-state index contributed by atoms with van der Waals surface area (Å²) in [6, 6.07) is 41.0. The van der Waals surface area contributed by atoms with Gasteiger partial charge in [0.05, 0.1) is 12.0 Å². The number of carbonyl (C=O) groups is 1. The zero-order valence-corrected chi connectivity index (χ0v) is 24.4. The van der Waals surface area contributed by atoms with Crippen LogP contribution in [0.3, 0.4) is 0 Å². The number of piperidine rings is 1. The van der Waals surface area contributed by atoms with Gasteiger partial charge >= 0.3 is 6.09 Å². The lowest BCUT2D eigenvalue weighted by atomic mass is 9.76. The van der Waals surface area contributed by atoms with E-state index in [1.165, 1.54) is 0 Å². The lowest BCUT2D eigenvalue weighted by Crippen LogP contribution is -2.44. The van der Waals surface area contributed by atoms with Crippen LogP contribution >= 0.6 is 0 Å². The summed E-state index contributed by atoms with van der Waals surface area (Å²) in [5.41, 5.74) is 2.99. The molecule has 0 aliphatic carbocycles. The molecule has 1 aliphatic rings. The first-order chi connectivity index (χ1) is 21.0. The number of nitrogens with zero attached hydrogens (tertiary/aromatic N) is 3. The first-order valence-corrected chi connectivity index (χ1v) is 14.9. The third-order valence-corrected chi connectivity index (χ3v) is 8.82. The molecular weight excluding hydrogens is 534 g/mol. The lowest BCUT2D eigenvalue weighted by Gasteiger charge is -2.39. The Bertz CT molecular complexity index is 1510. The molecule has 2 heterocycles. The summed E-state index contributed by atoms with van der Waals surface area (Å²) in [5.74, 6) is -0.0615. The molecule has 5 aromatic rings. The third-order valence-electron chi connectivity index (χ3n) is 8.82. The molecule has 1 saturated heterocycles. The SMILES string of the molecule is CC(O)(c1cn(C(c2ccccc2)(c2ccccc2)c2ccccc2)cn1)C1CCN(C(=O)OCc2ccccc2)CC1. The molecule has 1 fully saturated rings. The second kappa shape index (κ2) is 12.3. The number of carbonyl (C=O) groups excluding carboxylic acids is 1. The summed E-state index contributed by atoms with van der Waals surface area (Å²) in [4.78, 5) is 19.3. The second-order valence-corrected chi connectivity index (χ2v) is 11.4. The molecule has 1 aromatic heterocycles. The van der Waals surface area contributed by atoms with Gasteiger partial charge in [-0.2, -0.15) is 0 Å². The number of aromatic nitrogens is 2. The van der Waals surface area contributed by atoms with Gasteiger partial charge in [0.1, 0.15) is 17.7 Å². The molecule has 1 aliphatic heterocycles. The number of hydrogen-bond donors (Lipinski definition) is 1. The molecule has 43 heavy (non-hydrogen) atoms. The zero-order chi connectivity index (χ0) is 29.7. The van der Waals surface area contributed by atoms with Crippen molar-refractivity contribution in [1.82, 2.24) is 14.5 Å². The van der Waals surface area contributed by atoms with E-state index in [1.54, 1.807) is 4.90 Å². The third kappa shape index (κ3) is 5.58. The highest BCUT2D eigenvalue weighted by Gasteiger charge is 2.42. The highest BCUT2D eigenvalue weighted by molar-refractivity contribution is 5.67. The minimum atomic E-state index is -1.18. The summed E-state index contributed by atoms with van der Waals surface area (Å²) in [6.07, 6.45) is 4.83. The van der Waals surface area contributed by atoms with E-state index in [0.29, 0.717) is 31.6 Å². The van der Waals surface area contributed by atoms with Crippen molar-refractivity contribution in [1.29, 1.82) is 0 Å². The van der Waals surface area contributed by atoms with Crippen LogP contribution in [0.15, 0.2) is 134 Å². The average Bonchev–Trinajstić information content (AvgIpc) is 3.58. The van der Waals surface area contributed by atoms with Gasteiger partial charge in [-0.1, -0.05) is 121 Å². The van der Waals surface area contributed by atoms with E-state index >= 15 is 0 Å². The summed E-state index contributed by atoms with van der Waals surface area (Å²) in [7, 11) is 0. The van der Waals surface area contributed by atoms with E-state index in [0.717, 1.165) is 22.3 Å². The molecule has 1 N–H and O–H groups in total. The Morgan fingerprint density at radius 2 is 1.26 bits per heavy atom. The predicted octanol–water partition coefficient (Wildman–Crippen LogP) is 6.98. The molecule has 0 bridgehead atoms. The van der Waals surface area contributed by atoms with Crippen LogP contribution in [0, 0.1) is 5.92 Å². The molecule has 0 radical (unpaired) electrons. The van der Waals surface area contributed by atoms with Crippen molar-refractivity contribution in [2.75, 3.05) is 13.1 Å². The number of likely N-dealkylation sites (tertiary alicyclic amines) is 1. The number of aliphatic hydroxyl groups is 1. The Balaban J connectivity index is 1.27. The topological polar surface area (TPSA) is 67.6 Å².